The van der Waals surface area contributed by atoms with Gasteiger partial charge in [0.25, 0.3) is 0 Å². The zero-order chi connectivity index (χ0) is 14.5. The van der Waals surface area contributed by atoms with Crippen molar-refractivity contribution in [2.24, 2.45) is 0 Å². The van der Waals surface area contributed by atoms with Gasteiger partial charge in [0.2, 0.25) is 0 Å². The highest BCUT2D eigenvalue weighted by atomic mass is 35.5. The molecular formula is C15H21ClN2O2. The Labute approximate surface area is 124 Å². The molecule has 0 aliphatic rings. The van der Waals surface area contributed by atoms with Crippen molar-refractivity contribution in [1.82, 2.24) is 9.55 Å². The van der Waals surface area contributed by atoms with Crippen molar-refractivity contribution in [2.45, 2.75) is 32.2 Å². The Hall–Kier alpha value is -1.26. The van der Waals surface area contributed by atoms with Gasteiger partial charge in [0.1, 0.15) is 17.1 Å². The van der Waals surface area contributed by atoms with Gasteiger partial charge in [-0.15, -0.1) is 11.6 Å². The first kappa shape index (κ1) is 15.1. The second-order valence-electron chi connectivity index (χ2n) is 4.62. The summed E-state index contributed by atoms with van der Waals surface area (Å²) in [5, 5.41) is -0.140. The number of rotatable bonds is 7. The first-order valence-electron chi connectivity index (χ1n) is 6.94. The molecule has 1 heterocycles. The average molecular weight is 297 g/mol. The van der Waals surface area contributed by atoms with E-state index in [4.69, 9.17) is 21.1 Å². The molecule has 0 N–H and O–H groups in total. The smallest absolute Gasteiger partial charge is 0.146 e. The van der Waals surface area contributed by atoms with Gasteiger partial charge in [-0.1, -0.05) is 6.07 Å². The molecule has 4 nitrogen and oxygen atoms in total. The van der Waals surface area contributed by atoms with Gasteiger partial charge < -0.3 is 14.0 Å². The van der Waals surface area contributed by atoms with E-state index < -0.39 is 0 Å². The van der Waals surface area contributed by atoms with Crippen LogP contribution in [0.4, 0.5) is 0 Å². The second kappa shape index (κ2) is 6.95. The number of halogens is 1. The molecule has 1 aromatic heterocycles. The summed E-state index contributed by atoms with van der Waals surface area (Å²) in [5.74, 6) is 1.66. The third-order valence-electron chi connectivity index (χ3n) is 3.22. The minimum Gasteiger partial charge on any atom is -0.494 e. The van der Waals surface area contributed by atoms with E-state index in [1.165, 1.54) is 0 Å². The van der Waals surface area contributed by atoms with Crippen LogP contribution in [-0.4, -0.2) is 29.9 Å². The number of ether oxygens (including phenoxy) is 2. The molecule has 0 saturated carbocycles. The summed E-state index contributed by atoms with van der Waals surface area (Å²) in [6.07, 6.45) is 0.938. The Morgan fingerprint density at radius 2 is 2.20 bits per heavy atom. The summed E-state index contributed by atoms with van der Waals surface area (Å²) < 4.78 is 12.9. The maximum Gasteiger partial charge on any atom is 0.146 e. The van der Waals surface area contributed by atoms with Gasteiger partial charge in [-0.2, -0.15) is 0 Å². The Kier molecular flexibility index (Phi) is 5.26. The fourth-order valence-corrected chi connectivity index (χ4v) is 2.48. The maximum atomic E-state index is 6.26. The molecule has 0 radical (unpaired) electrons. The van der Waals surface area contributed by atoms with Gasteiger partial charge in [0.15, 0.2) is 0 Å². The predicted octanol–water partition coefficient (Wildman–Crippen LogP) is 3.77. The number of hydrogen-bond donors (Lipinski definition) is 0. The summed E-state index contributed by atoms with van der Waals surface area (Å²) in [6, 6.07) is 5.95. The molecule has 1 unspecified atom stereocenters. The number of para-hydroxylation sites is 1. The normalized spacial score (nSPS) is 12.8. The van der Waals surface area contributed by atoms with Gasteiger partial charge in [-0.3, -0.25) is 0 Å². The van der Waals surface area contributed by atoms with Crippen molar-refractivity contribution in [2.75, 3.05) is 20.3 Å². The number of aromatic nitrogens is 2. The first-order valence-corrected chi connectivity index (χ1v) is 7.37. The fourth-order valence-electron chi connectivity index (χ4n) is 2.31. The molecule has 110 valence electrons. The van der Waals surface area contributed by atoms with Crippen molar-refractivity contribution in [1.29, 1.82) is 0 Å². The minimum atomic E-state index is -0.140. The van der Waals surface area contributed by atoms with Gasteiger partial charge in [0, 0.05) is 19.8 Å². The van der Waals surface area contributed by atoms with Gasteiger partial charge >= 0.3 is 0 Å². The quantitative estimate of drug-likeness (QED) is 0.576. The van der Waals surface area contributed by atoms with Crippen LogP contribution in [0.15, 0.2) is 18.2 Å². The number of benzene rings is 1. The first-order chi connectivity index (χ1) is 9.69. The van der Waals surface area contributed by atoms with Crippen molar-refractivity contribution in [3.05, 3.63) is 24.0 Å². The highest BCUT2D eigenvalue weighted by molar-refractivity contribution is 6.20. The molecule has 2 aromatic rings. The molecule has 0 spiro atoms. The van der Waals surface area contributed by atoms with Crippen LogP contribution in [-0.2, 0) is 11.3 Å². The van der Waals surface area contributed by atoms with E-state index in [0.717, 1.165) is 48.8 Å². The van der Waals surface area contributed by atoms with E-state index >= 15 is 0 Å². The van der Waals surface area contributed by atoms with Crippen LogP contribution in [0.1, 0.15) is 31.5 Å². The highest BCUT2D eigenvalue weighted by Crippen LogP contribution is 2.30. The summed E-state index contributed by atoms with van der Waals surface area (Å²) in [6.45, 7) is 6.28. The summed E-state index contributed by atoms with van der Waals surface area (Å²) in [5.41, 5.74) is 1.93. The van der Waals surface area contributed by atoms with E-state index in [2.05, 4.69) is 9.55 Å². The average Bonchev–Trinajstić information content (AvgIpc) is 2.82. The van der Waals surface area contributed by atoms with Crippen LogP contribution in [0, 0.1) is 0 Å². The number of hydrogen-bond acceptors (Lipinski definition) is 3. The molecule has 0 saturated heterocycles. The molecule has 5 heteroatoms. The molecule has 1 atom stereocenters. The van der Waals surface area contributed by atoms with Crippen molar-refractivity contribution >= 4 is 22.6 Å². The Balaban J connectivity index is 2.36. The van der Waals surface area contributed by atoms with Crippen LogP contribution < -0.4 is 4.74 Å². The molecule has 0 bridgehead atoms. The van der Waals surface area contributed by atoms with E-state index in [1.54, 1.807) is 7.11 Å². The predicted molar refractivity (Wildman–Crippen MR) is 81.7 cm³/mol. The third-order valence-corrected chi connectivity index (χ3v) is 3.42. The number of imidazole rings is 1. The fraction of sp³-hybridized carbons (Fsp3) is 0.533. The van der Waals surface area contributed by atoms with E-state index in [1.807, 2.05) is 32.0 Å². The summed E-state index contributed by atoms with van der Waals surface area (Å²) in [7, 11) is 1.66. The van der Waals surface area contributed by atoms with Crippen molar-refractivity contribution in [3.63, 3.8) is 0 Å². The SMILES string of the molecule is CCOCCCn1c(C(C)Cl)nc2c(OC)cccc21. The van der Waals surface area contributed by atoms with Gasteiger partial charge in [-0.05, 0) is 32.4 Å². The van der Waals surface area contributed by atoms with Crippen LogP contribution in [0.3, 0.4) is 0 Å². The lowest BCUT2D eigenvalue weighted by molar-refractivity contribution is 0.141. The Bertz CT molecular complexity index is 566. The largest absolute Gasteiger partial charge is 0.494 e. The molecule has 0 aliphatic carbocycles. The van der Waals surface area contributed by atoms with Crippen LogP contribution >= 0.6 is 11.6 Å². The molecule has 0 fully saturated rings. The molecule has 0 aliphatic heterocycles. The second-order valence-corrected chi connectivity index (χ2v) is 5.27. The lowest BCUT2D eigenvalue weighted by Crippen LogP contribution is -2.07. The van der Waals surface area contributed by atoms with Gasteiger partial charge in [-0.25, -0.2) is 4.98 Å². The lowest BCUT2D eigenvalue weighted by Gasteiger charge is -2.10. The number of methoxy groups -OCH3 is 1. The summed E-state index contributed by atoms with van der Waals surface area (Å²) >= 11 is 6.26. The molecule has 1 aromatic carbocycles. The maximum absolute atomic E-state index is 6.26. The van der Waals surface area contributed by atoms with Gasteiger partial charge in [0.05, 0.1) is 18.0 Å². The van der Waals surface area contributed by atoms with E-state index in [9.17, 15) is 0 Å². The molecule has 2 rings (SSSR count). The van der Waals surface area contributed by atoms with E-state index in [-0.39, 0.29) is 5.38 Å². The Morgan fingerprint density at radius 1 is 1.40 bits per heavy atom. The number of nitrogens with zero attached hydrogens (tertiary/aromatic N) is 2. The monoisotopic (exact) mass is 296 g/mol. The zero-order valence-electron chi connectivity index (χ0n) is 12.2. The standard InChI is InChI=1S/C15H21ClN2O2/c1-4-20-10-6-9-18-12-7-5-8-13(19-3)14(12)17-15(18)11(2)16/h5,7-8,11H,4,6,9-10H2,1-3H3. The van der Waals surface area contributed by atoms with E-state index in [0.29, 0.717) is 0 Å². The molecular weight excluding hydrogens is 276 g/mol. The minimum absolute atomic E-state index is 0.140. The number of alkyl halides is 1. The van der Waals surface area contributed by atoms with Crippen LogP contribution in [0.25, 0.3) is 11.0 Å². The molecule has 0 amide bonds. The van der Waals surface area contributed by atoms with Crippen LogP contribution in [0.5, 0.6) is 5.75 Å². The van der Waals surface area contributed by atoms with Crippen LogP contribution in [0.2, 0.25) is 0 Å². The Morgan fingerprint density at radius 3 is 2.85 bits per heavy atom. The van der Waals surface area contributed by atoms with Crippen molar-refractivity contribution < 1.29 is 9.47 Å². The van der Waals surface area contributed by atoms with Crippen molar-refractivity contribution in [3.8, 4) is 5.75 Å². The zero-order valence-corrected chi connectivity index (χ0v) is 13.0. The molecule has 20 heavy (non-hydrogen) atoms. The summed E-state index contributed by atoms with van der Waals surface area (Å²) in [4.78, 5) is 4.65. The highest BCUT2D eigenvalue weighted by Gasteiger charge is 2.16. The topological polar surface area (TPSA) is 36.3 Å². The lowest BCUT2D eigenvalue weighted by atomic mass is 10.3. The third kappa shape index (κ3) is 3.07. The number of fused-ring (bicyclic) bond motifs is 1. The number of aryl methyl sites for hydroxylation is 1.